The number of aromatic nitrogens is 4. The van der Waals surface area contributed by atoms with E-state index in [2.05, 4.69) is 22.3 Å². The molecule has 0 spiro atoms. The van der Waals surface area contributed by atoms with Gasteiger partial charge in [0.2, 0.25) is 5.91 Å². The summed E-state index contributed by atoms with van der Waals surface area (Å²) in [5.41, 5.74) is 4.24. The van der Waals surface area contributed by atoms with Gasteiger partial charge in [0.25, 0.3) is 0 Å². The van der Waals surface area contributed by atoms with Crippen molar-refractivity contribution in [2.75, 3.05) is 16.3 Å². The molecule has 168 valence electrons. The number of aryl methyl sites for hydroxylation is 1. The van der Waals surface area contributed by atoms with E-state index in [1.807, 2.05) is 40.9 Å². The molecule has 1 atom stereocenters. The minimum Gasteiger partial charge on any atom is -0.320 e. The highest BCUT2D eigenvalue weighted by Crippen LogP contribution is 2.44. The lowest BCUT2D eigenvalue weighted by atomic mass is 10.0. The number of fused-ring (bicyclic) bond motifs is 2. The van der Waals surface area contributed by atoms with E-state index in [-0.39, 0.29) is 17.8 Å². The van der Waals surface area contributed by atoms with Gasteiger partial charge in [-0.1, -0.05) is 12.1 Å². The average Bonchev–Trinajstić information content (AvgIpc) is 3.41. The first kappa shape index (κ1) is 20.0. The molecule has 0 radical (unpaired) electrons. The molecule has 1 fully saturated rings. The van der Waals surface area contributed by atoms with Crippen molar-refractivity contribution >= 4 is 34.0 Å². The number of carbonyl (C=O) groups is 1. The smallest absolute Gasteiger partial charge is 0.224 e. The van der Waals surface area contributed by atoms with Crippen molar-refractivity contribution < 1.29 is 9.18 Å². The number of carbonyl (C=O) groups excluding carboxylic acids is 1. The van der Waals surface area contributed by atoms with Crippen LogP contribution in [0.2, 0.25) is 0 Å². The van der Waals surface area contributed by atoms with Gasteiger partial charge in [0, 0.05) is 37.7 Å². The van der Waals surface area contributed by atoms with Crippen LogP contribution in [0.25, 0.3) is 22.0 Å². The molecule has 1 aliphatic carbocycles. The summed E-state index contributed by atoms with van der Waals surface area (Å²) < 4.78 is 18.2. The molecule has 0 saturated heterocycles. The second-order valence-electron chi connectivity index (χ2n) is 9.08. The first-order valence-electron chi connectivity index (χ1n) is 11.3. The molecular formula is C25H25FN6O. The van der Waals surface area contributed by atoms with E-state index in [4.69, 9.17) is 5.10 Å². The van der Waals surface area contributed by atoms with Crippen LogP contribution in [0.4, 0.5) is 21.6 Å². The standard InChI is InChI=1S/C25H25FN6O/c1-15-13-30(25-20-5-4-6-21(26)24(20)29(3)28-25)23-11-17(7-10-22(23)32(15)16(2)33)18-12-27-31(14-18)19-8-9-19/h4-7,10-12,14-15,19H,8-9,13H2,1-3H3. The summed E-state index contributed by atoms with van der Waals surface area (Å²) in [5.74, 6) is 0.384. The quantitative estimate of drug-likeness (QED) is 0.455. The van der Waals surface area contributed by atoms with Gasteiger partial charge in [-0.2, -0.15) is 10.2 Å². The van der Waals surface area contributed by atoms with Crippen molar-refractivity contribution in [2.24, 2.45) is 7.05 Å². The van der Waals surface area contributed by atoms with Crippen LogP contribution in [-0.2, 0) is 11.8 Å². The Balaban J connectivity index is 1.53. The van der Waals surface area contributed by atoms with Crippen molar-refractivity contribution in [1.29, 1.82) is 0 Å². The first-order chi connectivity index (χ1) is 15.9. The van der Waals surface area contributed by atoms with Crippen molar-refractivity contribution in [3.05, 3.63) is 54.6 Å². The molecule has 4 aromatic rings. The van der Waals surface area contributed by atoms with Crippen LogP contribution in [0, 0.1) is 5.82 Å². The van der Waals surface area contributed by atoms with Crippen molar-refractivity contribution in [1.82, 2.24) is 19.6 Å². The lowest BCUT2D eigenvalue weighted by Crippen LogP contribution is -2.48. The zero-order valence-corrected chi connectivity index (χ0v) is 18.9. The van der Waals surface area contributed by atoms with Gasteiger partial charge in [-0.3, -0.25) is 14.2 Å². The maximum absolute atomic E-state index is 14.6. The van der Waals surface area contributed by atoms with Crippen LogP contribution in [0.15, 0.2) is 48.8 Å². The molecule has 1 unspecified atom stereocenters. The van der Waals surface area contributed by atoms with Gasteiger partial charge < -0.3 is 9.80 Å². The predicted molar refractivity (Wildman–Crippen MR) is 126 cm³/mol. The van der Waals surface area contributed by atoms with Gasteiger partial charge in [0.1, 0.15) is 11.3 Å². The molecule has 33 heavy (non-hydrogen) atoms. The third kappa shape index (κ3) is 3.12. The minimum absolute atomic E-state index is 0.00498. The fourth-order valence-electron chi connectivity index (χ4n) is 4.98. The van der Waals surface area contributed by atoms with Crippen LogP contribution in [0.3, 0.4) is 0 Å². The molecule has 1 saturated carbocycles. The van der Waals surface area contributed by atoms with Crippen LogP contribution >= 0.6 is 0 Å². The zero-order valence-electron chi connectivity index (χ0n) is 18.9. The Bertz CT molecular complexity index is 1400. The van der Waals surface area contributed by atoms with Crippen LogP contribution in [-0.4, -0.2) is 38.1 Å². The molecule has 0 N–H and O–H groups in total. The Labute approximate surface area is 191 Å². The first-order valence-corrected chi connectivity index (χ1v) is 11.3. The molecule has 1 amide bonds. The summed E-state index contributed by atoms with van der Waals surface area (Å²) in [6, 6.07) is 11.6. The van der Waals surface area contributed by atoms with Gasteiger partial charge in [0.05, 0.1) is 29.7 Å². The SMILES string of the molecule is CC(=O)N1c2ccc(-c3cnn(C4CC4)c3)cc2N(c2nn(C)c3c(F)cccc23)CC1C. The van der Waals surface area contributed by atoms with Crippen molar-refractivity contribution in [3.63, 3.8) is 0 Å². The Morgan fingerprint density at radius 1 is 1.12 bits per heavy atom. The van der Waals surface area contributed by atoms with Crippen molar-refractivity contribution in [3.8, 4) is 11.1 Å². The monoisotopic (exact) mass is 444 g/mol. The van der Waals surface area contributed by atoms with E-state index in [0.29, 0.717) is 23.9 Å². The van der Waals surface area contributed by atoms with E-state index in [1.165, 1.54) is 18.9 Å². The molecule has 0 bridgehead atoms. The number of para-hydroxylation sites is 1. The molecule has 6 rings (SSSR count). The Morgan fingerprint density at radius 2 is 1.94 bits per heavy atom. The molecule has 8 heteroatoms. The Hall–Kier alpha value is -3.68. The molecule has 2 aliphatic rings. The third-order valence-corrected chi connectivity index (χ3v) is 6.66. The normalized spacial score (nSPS) is 18.1. The fourth-order valence-corrected chi connectivity index (χ4v) is 4.98. The Morgan fingerprint density at radius 3 is 2.70 bits per heavy atom. The van der Waals surface area contributed by atoms with E-state index >= 15 is 0 Å². The Kier molecular flexibility index (Phi) is 4.33. The molecule has 2 aromatic carbocycles. The van der Waals surface area contributed by atoms with Gasteiger partial charge in [0.15, 0.2) is 5.82 Å². The third-order valence-electron chi connectivity index (χ3n) is 6.66. The highest BCUT2D eigenvalue weighted by atomic mass is 19.1. The summed E-state index contributed by atoms with van der Waals surface area (Å²) in [6.45, 7) is 4.17. The van der Waals surface area contributed by atoms with Gasteiger partial charge >= 0.3 is 0 Å². The van der Waals surface area contributed by atoms with Crippen LogP contribution < -0.4 is 9.80 Å². The highest BCUT2D eigenvalue weighted by Gasteiger charge is 2.34. The molecule has 3 heterocycles. The molecular weight excluding hydrogens is 419 g/mol. The summed E-state index contributed by atoms with van der Waals surface area (Å²) in [4.78, 5) is 16.5. The largest absolute Gasteiger partial charge is 0.320 e. The second-order valence-corrected chi connectivity index (χ2v) is 9.08. The lowest BCUT2D eigenvalue weighted by Gasteiger charge is -2.41. The lowest BCUT2D eigenvalue weighted by molar-refractivity contribution is -0.117. The molecule has 1 aliphatic heterocycles. The number of halogens is 1. The van der Waals surface area contributed by atoms with Gasteiger partial charge in [-0.25, -0.2) is 4.39 Å². The van der Waals surface area contributed by atoms with Gasteiger partial charge in [-0.05, 0) is 49.6 Å². The maximum atomic E-state index is 14.6. The number of nitrogens with zero attached hydrogens (tertiary/aromatic N) is 6. The number of amides is 1. The summed E-state index contributed by atoms with van der Waals surface area (Å²) >= 11 is 0. The number of hydrogen-bond donors (Lipinski definition) is 0. The topological polar surface area (TPSA) is 59.2 Å². The summed E-state index contributed by atoms with van der Waals surface area (Å²) in [6.07, 6.45) is 6.33. The predicted octanol–water partition coefficient (Wildman–Crippen LogP) is 4.80. The maximum Gasteiger partial charge on any atom is 0.224 e. The summed E-state index contributed by atoms with van der Waals surface area (Å²) in [7, 11) is 1.76. The summed E-state index contributed by atoms with van der Waals surface area (Å²) in [5, 5.41) is 9.98. The average molecular weight is 445 g/mol. The number of benzene rings is 2. The highest BCUT2D eigenvalue weighted by molar-refractivity contribution is 6.01. The second kappa shape index (κ2) is 7.16. The zero-order chi connectivity index (χ0) is 22.9. The number of hydrogen-bond acceptors (Lipinski definition) is 4. The number of anilines is 3. The molecule has 7 nitrogen and oxygen atoms in total. The number of rotatable bonds is 3. The van der Waals surface area contributed by atoms with E-state index < -0.39 is 0 Å². The minimum atomic E-state index is -0.300. The van der Waals surface area contributed by atoms with Gasteiger partial charge in [-0.15, -0.1) is 0 Å². The fraction of sp³-hybridized carbons (Fsp3) is 0.320. The van der Waals surface area contributed by atoms with Crippen LogP contribution in [0.1, 0.15) is 32.7 Å². The van der Waals surface area contributed by atoms with E-state index in [1.54, 1.807) is 24.7 Å². The molecule has 2 aromatic heterocycles. The van der Waals surface area contributed by atoms with Crippen LogP contribution in [0.5, 0.6) is 0 Å². The van der Waals surface area contributed by atoms with Crippen molar-refractivity contribution in [2.45, 2.75) is 38.8 Å². The van der Waals surface area contributed by atoms with E-state index in [0.717, 1.165) is 27.9 Å². The van der Waals surface area contributed by atoms with E-state index in [9.17, 15) is 9.18 Å².